The molecule has 0 aliphatic rings. The molecule has 0 aromatic carbocycles. The number of unbranched alkanes of at least 4 members (excludes halogenated alkanes) is 3. The van der Waals surface area contributed by atoms with E-state index in [4.69, 9.17) is 0 Å². The van der Waals surface area contributed by atoms with Crippen LogP contribution in [0.2, 0.25) is 0 Å². The molecule has 0 aromatic rings. The van der Waals surface area contributed by atoms with Gasteiger partial charge in [0.1, 0.15) is 0 Å². The molecule has 0 unspecified atom stereocenters. The van der Waals surface area contributed by atoms with Gasteiger partial charge in [-0.05, 0) is 38.8 Å². The molecule has 0 saturated heterocycles. The lowest BCUT2D eigenvalue weighted by atomic mass is 10.1. The zero-order valence-corrected chi connectivity index (χ0v) is 8.93. The minimum Gasteiger partial charge on any atom is -0.386 e. The SMILES string of the molecule is CCCCCC=C=C=CC(C)(C)O. The van der Waals surface area contributed by atoms with E-state index in [2.05, 4.69) is 18.4 Å². The standard InChI is InChI=1S/C12H20O/c1-4-5-6-7-8-9-10-11-12(2,3)13/h8,11,13H,4-7H2,1-3H3. The summed E-state index contributed by atoms with van der Waals surface area (Å²) in [7, 11) is 0. The van der Waals surface area contributed by atoms with Crippen LogP contribution in [0.5, 0.6) is 0 Å². The minimum absolute atomic E-state index is 0.774. The van der Waals surface area contributed by atoms with Crippen LogP contribution in [0, 0.1) is 0 Å². The summed E-state index contributed by atoms with van der Waals surface area (Å²) < 4.78 is 0. The summed E-state index contributed by atoms with van der Waals surface area (Å²) in [6.07, 6.45) is 8.37. The first kappa shape index (κ1) is 12.3. The van der Waals surface area contributed by atoms with Crippen LogP contribution < -0.4 is 0 Å². The second kappa shape index (κ2) is 6.74. The van der Waals surface area contributed by atoms with Crippen LogP contribution in [0.25, 0.3) is 0 Å². The summed E-state index contributed by atoms with van der Waals surface area (Å²) >= 11 is 0. The Morgan fingerprint density at radius 3 is 2.46 bits per heavy atom. The van der Waals surface area contributed by atoms with E-state index in [1.165, 1.54) is 19.3 Å². The molecule has 13 heavy (non-hydrogen) atoms. The predicted octanol–water partition coefficient (Wildman–Crippen LogP) is 3.20. The third-order valence-electron chi connectivity index (χ3n) is 1.56. The normalized spacial score (nSPS) is 10.2. The van der Waals surface area contributed by atoms with Gasteiger partial charge in [0.05, 0.1) is 5.60 Å². The van der Waals surface area contributed by atoms with Gasteiger partial charge in [-0.15, -0.1) is 0 Å². The van der Waals surface area contributed by atoms with Crippen LogP contribution in [0.3, 0.4) is 0 Å². The van der Waals surface area contributed by atoms with Gasteiger partial charge in [-0.3, -0.25) is 0 Å². The summed E-state index contributed by atoms with van der Waals surface area (Å²) in [6, 6.07) is 0. The smallest absolute Gasteiger partial charge is 0.0851 e. The van der Waals surface area contributed by atoms with Gasteiger partial charge in [0.25, 0.3) is 0 Å². The van der Waals surface area contributed by atoms with Crippen molar-refractivity contribution in [3.63, 3.8) is 0 Å². The summed E-state index contributed by atoms with van der Waals surface area (Å²) in [4.78, 5) is 0. The van der Waals surface area contributed by atoms with E-state index in [0.29, 0.717) is 0 Å². The van der Waals surface area contributed by atoms with Crippen molar-refractivity contribution >= 4 is 0 Å². The number of allylic oxidation sites excluding steroid dienone is 1. The lowest BCUT2D eigenvalue weighted by Crippen LogP contribution is -2.12. The maximum Gasteiger partial charge on any atom is 0.0851 e. The number of rotatable bonds is 5. The summed E-state index contributed by atoms with van der Waals surface area (Å²) in [6.45, 7) is 5.63. The van der Waals surface area contributed by atoms with Crippen LogP contribution in [-0.4, -0.2) is 10.7 Å². The molecule has 0 amide bonds. The highest BCUT2D eigenvalue weighted by Gasteiger charge is 2.04. The second-order valence-corrected chi connectivity index (χ2v) is 3.79. The predicted molar refractivity (Wildman–Crippen MR) is 56.6 cm³/mol. The minimum atomic E-state index is -0.774. The average Bonchev–Trinajstić information content (AvgIpc) is 2.01. The molecule has 0 aliphatic heterocycles. The average molecular weight is 180 g/mol. The Hall–Kier alpha value is -0.740. The molecule has 0 aromatic heterocycles. The van der Waals surface area contributed by atoms with Gasteiger partial charge >= 0.3 is 0 Å². The van der Waals surface area contributed by atoms with Crippen molar-refractivity contribution in [3.05, 3.63) is 23.6 Å². The fraction of sp³-hybridized carbons (Fsp3) is 0.667. The summed E-state index contributed by atoms with van der Waals surface area (Å²) in [5.41, 5.74) is 4.96. The third-order valence-corrected chi connectivity index (χ3v) is 1.56. The molecular formula is C12H20O. The lowest BCUT2D eigenvalue weighted by molar-refractivity contribution is 0.133. The highest BCUT2D eigenvalue weighted by Crippen LogP contribution is 2.00. The van der Waals surface area contributed by atoms with E-state index < -0.39 is 5.60 Å². The molecule has 0 fully saturated rings. The Morgan fingerprint density at radius 2 is 1.92 bits per heavy atom. The topological polar surface area (TPSA) is 20.2 Å². The first-order valence-corrected chi connectivity index (χ1v) is 4.95. The van der Waals surface area contributed by atoms with Gasteiger partial charge in [-0.25, -0.2) is 0 Å². The first-order valence-electron chi connectivity index (χ1n) is 4.95. The quantitative estimate of drug-likeness (QED) is 0.509. The van der Waals surface area contributed by atoms with E-state index in [1.807, 2.05) is 6.08 Å². The maximum absolute atomic E-state index is 9.29. The molecule has 0 bridgehead atoms. The molecule has 1 N–H and O–H groups in total. The molecule has 0 spiro atoms. The molecule has 0 atom stereocenters. The van der Waals surface area contributed by atoms with E-state index in [1.54, 1.807) is 19.9 Å². The van der Waals surface area contributed by atoms with Crippen LogP contribution in [-0.2, 0) is 0 Å². The first-order chi connectivity index (χ1) is 6.06. The van der Waals surface area contributed by atoms with Crippen LogP contribution in [0.4, 0.5) is 0 Å². The molecule has 1 heteroatoms. The Kier molecular flexibility index (Phi) is 6.36. The number of hydrogen-bond acceptors (Lipinski definition) is 1. The number of hydrogen-bond donors (Lipinski definition) is 1. The Morgan fingerprint density at radius 1 is 1.23 bits per heavy atom. The molecule has 0 saturated carbocycles. The highest BCUT2D eigenvalue weighted by atomic mass is 16.3. The molecule has 0 aliphatic carbocycles. The van der Waals surface area contributed by atoms with Crippen molar-refractivity contribution in [2.45, 2.75) is 52.1 Å². The van der Waals surface area contributed by atoms with Gasteiger partial charge in [0, 0.05) is 0 Å². The summed E-state index contributed by atoms with van der Waals surface area (Å²) in [5.74, 6) is 0. The van der Waals surface area contributed by atoms with Crippen molar-refractivity contribution in [1.82, 2.24) is 0 Å². The van der Waals surface area contributed by atoms with E-state index in [-0.39, 0.29) is 0 Å². The Balaban J connectivity index is 3.77. The van der Waals surface area contributed by atoms with Crippen LogP contribution in [0.1, 0.15) is 46.5 Å². The zero-order chi connectivity index (χ0) is 10.2. The molecule has 0 heterocycles. The van der Waals surface area contributed by atoms with Crippen molar-refractivity contribution in [2.75, 3.05) is 0 Å². The van der Waals surface area contributed by atoms with Crippen LogP contribution in [0.15, 0.2) is 23.6 Å². The lowest BCUT2D eigenvalue weighted by Gasteiger charge is -2.06. The van der Waals surface area contributed by atoms with Crippen LogP contribution >= 0.6 is 0 Å². The molecular weight excluding hydrogens is 160 g/mol. The zero-order valence-electron chi connectivity index (χ0n) is 8.93. The van der Waals surface area contributed by atoms with Crippen molar-refractivity contribution < 1.29 is 5.11 Å². The van der Waals surface area contributed by atoms with E-state index in [0.717, 1.165) is 6.42 Å². The van der Waals surface area contributed by atoms with Crippen molar-refractivity contribution in [2.24, 2.45) is 0 Å². The van der Waals surface area contributed by atoms with Gasteiger partial charge in [-0.2, -0.15) is 0 Å². The Labute approximate surface area is 81.5 Å². The fourth-order valence-corrected chi connectivity index (χ4v) is 0.846. The van der Waals surface area contributed by atoms with Crippen molar-refractivity contribution in [1.29, 1.82) is 0 Å². The Bertz CT molecular complexity index is 208. The monoisotopic (exact) mass is 180 g/mol. The van der Waals surface area contributed by atoms with Gasteiger partial charge < -0.3 is 5.11 Å². The second-order valence-electron chi connectivity index (χ2n) is 3.79. The molecule has 1 nitrogen and oxygen atoms in total. The maximum atomic E-state index is 9.29. The van der Waals surface area contributed by atoms with E-state index >= 15 is 0 Å². The van der Waals surface area contributed by atoms with Crippen molar-refractivity contribution in [3.8, 4) is 0 Å². The molecule has 0 rings (SSSR count). The fourth-order valence-electron chi connectivity index (χ4n) is 0.846. The van der Waals surface area contributed by atoms with E-state index in [9.17, 15) is 5.11 Å². The summed E-state index contributed by atoms with van der Waals surface area (Å²) in [5, 5.41) is 9.29. The van der Waals surface area contributed by atoms with Gasteiger partial charge in [0.15, 0.2) is 0 Å². The number of aliphatic hydroxyl groups is 1. The van der Waals surface area contributed by atoms with Gasteiger partial charge in [-0.1, -0.05) is 31.2 Å². The van der Waals surface area contributed by atoms with Gasteiger partial charge in [0.2, 0.25) is 0 Å². The largest absolute Gasteiger partial charge is 0.386 e. The highest BCUT2D eigenvalue weighted by molar-refractivity contribution is 4.95. The molecule has 0 radical (unpaired) electrons. The third kappa shape index (κ3) is 11.3. The molecule has 74 valence electrons.